The van der Waals surface area contributed by atoms with Crippen molar-refractivity contribution >= 4 is 17.6 Å². The molecule has 0 unspecified atom stereocenters. The van der Waals surface area contributed by atoms with Gasteiger partial charge in [-0.25, -0.2) is 9.67 Å². The highest BCUT2D eigenvalue weighted by Gasteiger charge is 2.27. The van der Waals surface area contributed by atoms with Crippen molar-refractivity contribution in [3.63, 3.8) is 0 Å². The van der Waals surface area contributed by atoms with Gasteiger partial charge in [0.05, 0.1) is 6.04 Å². The molecule has 0 aromatic carbocycles. The van der Waals surface area contributed by atoms with Gasteiger partial charge < -0.3 is 5.73 Å². The summed E-state index contributed by atoms with van der Waals surface area (Å²) < 4.78 is 1.91. The van der Waals surface area contributed by atoms with Gasteiger partial charge in [0.1, 0.15) is 5.82 Å². The predicted octanol–water partition coefficient (Wildman–Crippen LogP) is 1.28. The first-order valence-corrected chi connectivity index (χ1v) is 6.42. The third kappa shape index (κ3) is 2.38. The third-order valence-corrected chi connectivity index (χ3v) is 3.58. The first-order chi connectivity index (χ1) is 8.33. The molecule has 1 aliphatic carbocycles. The lowest BCUT2D eigenvalue weighted by atomic mass is 10.3. The van der Waals surface area contributed by atoms with Crippen molar-refractivity contribution in [2.24, 2.45) is 0 Å². The van der Waals surface area contributed by atoms with Crippen LogP contribution in [0.15, 0.2) is 23.5 Å². The van der Waals surface area contributed by atoms with Crippen LogP contribution in [0.3, 0.4) is 0 Å². The standard InChI is InChI=1S/C10H12N6S/c11-9-4-1-7(5-12-9)6-17-10-13-14-15-16(10)8-2-3-8/h1,4-5,8H,2-3,6H2,(H2,11,12). The maximum absolute atomic E-state index is 5.54. The minimum absolute atomic E-state index is 0.511. The molecule has 0 radical (unpaired) electrons. The Labute approximate surface area is 103 Å². The number of tetrazole rings is 1. The molecule has 0 amide bonds. The second-order valence-electron chi connectivity index (χ2n) is 4.02. The van der Waals surface area contributed by atoms with Gasteiger partial charge in [-0.1, -0.05) is 17.8 Å². The molecular weight excluding hydrogens is 236 g/mol. The van der Waals surface area contributed by atoms with E-state index in [0.29, 0.717) is 11.9 Å². The average Bonchev–Trinajstić information content (AvgIpc) is 3.08. The van der Waals surface area contributed by atoms with E-state index >= 15 is 0 Å². The van der Waals surface area contributed by atoms with Crippen LogP contribution in [0.2, 0.25) is 0 Å². The number of nitrogens with two attached hydrogens (primary N) is 1. The van der Waals surface area contributed by atoms with Gasteiger partial charge in [0.2, 0.25) is 5.16 Å². The number of hydrogen-bond acceptors (Lipinski definition) is 6. The average molecular weight is 248 g/mol. The fraction of sp³-hybridized carbons (Fsp3) is 0.400. The van der Waals surface area contributed by atoms with Crippen molar-refractivity contribution in [2.75, 3.05) is 5.73 Å². The first kappa shape index (κ1) is 10.5. The first-order valence-electron chi connectivity index (χ1n) is 5.44. The van der Waals surface area contributed by atoms with Crippen LogP contribution in [-0.4, -0.2) is 25.2 Å². The maximum Gasteiger partial charge on any atom is 0.209 e. The lowest BCUT2D eigenvalue weighted by molar-refractivity contribution is 0.565. The molecule has 3 rings (SSSR count). The lowest BCUT2D eigenvalue weighted by Crippen LogP contribution is -1.99. The van der Waals surface area contributed by atoms with Gasteiger partial charge in [-0.15, -0.1) is 5.10 Å². The largest absolute Gasteiger partial charge is 0.384 e. The summed E-state index contributed by atoms with van der Waals surface area (Å²) >= 11 is 1.63. The summed E-state index contributed by atoms with van der Waals surface area (Å²) in [6.45, 7) is 0. The molecule has 17 heavy (non-hydrogen) atoms. The van der Waals surface area contributed by atoms with Crippen LogP contribution in [0, 0.1) is 0 Å². The van der Waals surface area contributed by atoms with Crippen molar-refractivity contribution in [3.8, 4) is 0 Å². The number of nitrogens with zero attached hydrogens (tertiary/aromatic N) is 5. The fourth-order valence-electron chi connectivity index (χ4n) is 1.50. The van der Waals surface area contributed by atoms with E-state index in [9.17, 15) is 0 Å². The maximum atomic E-state index is 5.54. The van der Waals surface area contributed by atoms with Gasteiger partial charge in [-0.3, -0.25) is 0 Å². The van der Waals surface area contributed by atoms with Crippen LogP contribution < -0.4 is 5.73 Å². The van der Waals surface area contributed by atoms with Crippen LogP contribution in [0.5, 0.6) is 0 Å². The lowest BCUT2D eigenvalue weighted by Gasteiger charge is -2.02. The number of nitrogen functional groups attached to an aromatic ring is 1. The Morgan fingerprint density at radius 2 is 2.29 bits per heavy atom. The van der Waals surface area contributed by atoms with Crippen molar-refractivity contribution in [1.82, 2.24) is 25.2 Å². The second kappa shape index (κ2) is 4.33. The highest BCUT2D eigenvalue weighted by molar-refractivity contribution is 7.98. The molecule has 0 spiro atoms. The summed E-state index contributed by atoms with van der Waals surface area (Å²) in [5, 5.41) is 12.6. The van der Waals surface area contributed by atoms with E-state index in [2.05, 4.69) is 20.5 Å². The van der Waals surface area contributed by atoms with E-state index in [4.69, 9.17) is 5.73 Å². The highest BCUT2D eigenvalue weighted by Crippen LogP contribution is 2.36. The molecule has 1 aliphatic rings. The van der Waals surface area contributed by atoms with Crippen LogP contribution in [0.25, 0.3) is 0 Å². The Morgan fingerprint density at radius 3 is 3.00 bits per heavy atom. The van der Waals surface area contributed by atoms with Gasteiger partial charge >= 0.3 is 0 Å². The summed E-state index contributed by atoms with van der Waals surface area (Å²) in [6, 6.07) is 4.29. The van der Waals surface area contributed by atoms with Crippen LogP contribution in [-0.2, 0) is 5.75 Å². The SMILES string of the molecule is Nc1ccc(CSc2nnnn2C2CC2)cn1. The molecule has 2 aromatic rings. The molecule has 0 aliphatic heterocycles. The van der Waals surface area contributed by atoms with Gasteiger partial charge in [-0.2, -0.15) is 0 Å². The molecule has 0 atom stereocenters. The van der Waals surface area contributed by atoms with Crippen LogP contribution in [0.4, 0.5) is 5.82 Å². The summed E-state index contributed by atoms with van der Waals surface area (Å²) in [5.74, 6) is 1.35. The van der Waals surface area contributed by atoms with Gasteiger partial charge in [0.15, 0.2) is 0 Å². The minimum atomic E-state index is 0.511. The van der Waals surface area contributed by atoms with Crippen molar-refractivity contribution in [2.45, 2.75) is 29.8 Å². The summed E-state index contributed by atoms with van der Waals surface area (Å²) in [4.78, 5) is 4.05. The van der Waals surface area contributed by atoms with Crippen molar-refractivity contribution < 1.29 is 0 Å². The molecule has 0 saturated heterocycles. The zero-order valence-corrected chi connectivity index (χ0v) is 9.97. The molecule has 2 heterocycles. The number of aromatic nitrogens is 5. The molecular formula is C10H12N6S. The fourth-order valence-corrected chi connectivity index (χ4v) is 2.38. The summed E-state index contributed by atoms with van der Waals surface area (Å²) in [7, 11) is 0. The molecule has 1 fully saturated rings. The second-order valence-corrected chi connectivity index (χ2v) is 4.96. The topological polar surface area (TPSA) is 82.5 Å². The minimum Gasteiger partial charge on any atom is -0.384 e. The summed E-state index contributed by atoms with van der Waals surface area (Å²) in [5.41, 5.74) is 6.66. The van der Waals surface area contributed by atoms with Gasteiger partial charge in [0.25, 0.3) is 0 Å². The monoisotopic (exact) mass is 248 g/mol. The number of rotatable bonds is 4. The van der Waals surface area contributed by atoms with E-state index < -0.39 is 0 Å². The number of anilines is 1. The molecule has 7 heteroatoms. The van der Waals surface area contributed by atoms with E-state index in [1.165, 1.54) is 12.8 Å². The molecule has 1 saturated carbocycles. The zero-order valence-electron chi connectivity index (χ0n) is 9.15. The number of thioether (sulfide) groups is 1. The normalized spacial score (nSPS) is 15.1. The Bertz CT molecular complexity index is 504. The van der Waals surface area contributed by atoms with E-state index in [1.54, 1.807) is 24.0 Å². The Morgan fingerprint density at radius 1 is 1.41 bits per heavy atom. The quantitative estimate of drug-likeness (QED) is 0.821. The smallest absolute Gasteiger partial charge is 0.209 e. The Balaban J connectivity index is 1.67. The van der Waals surface area contributed by atoms with E-state index in [-0.39, 0.29) is 0 Å². The molecule has 2 aromatic heterocycles. The number of pyridine rings is 1. The Kier molecular flexibility index (Phi) is 2.68. The summed E-state index contributed by atoms with van der Waals surface area (Å²) in [6.07, 6.45) is 4.15. The third-order valence-electron chi connectivity index (χ3n) is 2.57. The van der Waals surface area contributed by atoms with Gasteiger partial charge in [0, 0.05) is 11.9 Å². The van der Waals surface area contributed by atoms with Crippen LogP contribution >= 0.6 is 11.8 Å². The molecule has 88 valence electrons. The molecule has 2 N–H and O–H groups in total. The molecule has 6 nitrogen and oxygen atoms in total. The number of hydrogen-bond donors (Lipinski definition) is 1. The molecule has 0 bridgehead atoms. The van der Waals surface area contributed by atoms with E-state index in [1.807, 2.05) is 10.7 Å². The van der Waals surface area contributed by atoms with E-state index in [0.717, 1.165) is 16.5 Å². The van der Waals surface area contributed by atoms with Crippen LogP contribution in [0.1, 0.15) is 24.4 Å². The predicted molar refractivity (Wildman–Crippen MR) is 64.3 cm³/mol. The Hall–Kier alpha value is -1.63. The van der Waals surface area contributed by atoms with Crippen molar-refractivity contribution in [1.29, 1.82) is 0 Å². The van der Waals surface area contributed by atoms with Crippen molar-refractivity contribution in [3.05, 3.63) is 23.9 Å². The van der Waals surface area contributed by atoms with Gasteiger partial charge in [-0.05, 0) is 34.9 Å². The zero-order chi connectivity index (χ0) is 11.7. The highest BCUT2D eigenvalue weighted by atomic mass is 32.2.